The third kappa shape index (κ3) is 5.87. The number of hydrogen-bond acceptors (Lipinski definition) is 2. The maximum atomic E-state index is 13.4. The lowest BCUT2D eigenvalue weighted by molar-refractivity contribution is -0.117. The lowest BCUT2D eigenvalue weighted by Gasteiger charge is -2.14. The van der Waals surface area contributed by atoms with Crippen molar-refractivity contribution in [3.05, 3.63) is 35.1 Å². The van der Waals surface area contributed by atoms with Crippen LogP contribution >= 0.6 is 0 Å². The first kappa shape index (κ1) is 17.6. The Morgan fingerprint density at radius 2 is 1.79 bits per heavy atom. The fourth-order valence-electron chi connectivity index (χ4n) is 1.54. The van der Waals surface area contributed by atoms with Crippen LogP contribution in [0.25, 0.3) is 0 Å². The van der Waals surface area contributed by atoms with E-state index >= 15 is 0 Å². The van der Waals surface area contributed by atoms with Gasteiger partial charge >= 0.3 is 0 Å². The fourth-order valence-corrected chi connectivity index (χ4v) is 1.54. The predicted molar refractivity (Wildman–Crippen MR) is 69.4 cm³/mol. The highest BCUT2D eigenvalue weighted by Crippen LogP contribution is 2.24. The molecule has 1 aromatic carbocycles. The van der Waals surface area contributed by atoms with Crippen molar-refractivity contribution in [1.29, 1.82) is 0 Å². The lowest BCUT2D eigenvalue weighted by Crippen LogP contribution is -2.17. The van der Waals surface area contributed by atoms with Crippen molar-refractivity contribution in [3.8, 4) is 0 Å². The summed E-state index contributed by atoms with van der Waals surface area (Å²) in [6, 6.07) is 1.33. The average Bonchev–Trinajstić information content (AvgIpc) is 2.31. The highest BCUT2D eigenvalue weighted by Gasteiger charge is 2.20. The number of halogens is 3. The molecule has 19 heavy (non-hydrogen) atoms. The summed E-state index contributed by atoms with van der Waals surface area (Å²) in [4.78, 5) is 10.9. The zero-order valence-corrected chi connectivity index (χ0v) is 11.5. The van der Waals surface area contributed by atoms with Crippen molar-refractivity contribution in [2.45, 2.75) is 39.5 Å². The van der Waals surface area contributed by atoms with Crippen LogP contribution in [0.4, 0.5) is 13.2 Å². The first-order chi connectivity index (χ1) is 8.87. The van der Waals surface area contributed by atoms with Gasteiger partial charge in [0.2, 0.25) is 0 Å². The molecule has 1 rings (SSSR count). The third-order valence-corrected chi connectivity index (χ3v) is 2.28. The molecule has 0 aliphatic carbocycles. The Morgan fingerprint density at radius 3 is 2.21 bits per heavy atom. The molecule has 1 unspecified atom stereocenters. The molecular formula is C14H20F3NO. The van der Waals surface area contributed by atoms with E-state index in [-0.39, 0.29) is 24.3 Å². The van der Waals surface area contributed by atoms with Crippen molar-refractivity contribution in [3.63, 3.8) is 0 Å². The molecule has 0 radical (unpaired) electrons. The summed E-state index contributed by atoms with van der Waals surface area (Å²) in [7, 11) is 0. The summed E-state index contributed by atoms with van der Waals surface area (Å²) in [5.74, 6) is -4.19. The Labute approximate surface area is 111 Å². The third-order valence-electron chi connectivity index (χ3n) is 2.28. The largest absolute Gasteiger partial charge is 0.330 e. The van der Waals surface area contributed by atoms with E-state index in [1.54, 1.807) is 0 Å². The number of carbonyl (C=O) groups excluding carboxylic acids is 1. The van der Waals surface area contributed by atoms with Crippen molar-refractivity contribution in [2.75, 3.05) is 6.54 Å². The van der Waals surface area contributed by atoms with Gasteiger partial charge in [0, 0.05) is 18.4 Å². The molecule has 0 amide bonds. The molecule has 0 fully saturated rings. The number of hydrogen-bond donors (Lipinski definition) is 1. The molecule has 1 aromatic rings. The molecule has 2 nitrogen and oxygen atoms in total. The Hall–Kier alpha value is -1.36. The van der Waals surface area contributed by atoms with E-state index in [9.17, 15) is 18.0 Å². The molecule has 0 spiro atoms. The van der Waals surface area contributed by atoms with E-state index in [0.29, 0.717) is 6.07 Å². The molecule has 108 valence electrons. The molecule has 0 saturated heterocycles. The monoisotopic (exact) mass is 275 g/mol. The smallest absolute Gasteiger partial charge is 0.162 e. The van der Waals surface area contributed by atoms with Gasteiger partial charge in [0.25, 0.3) is 0 Å². The summed E-state index contributed by atoms with van der Waals surface area (Å²) in [5, 5.41) is 0. The van der Waals surface area contributed by atoms with Crippen molar-refractivity contribution in [2.24, 2.45) is 5.73 Å². The van der Waals surface area contributed by atoms with E-state index in [4.69, 9.17) is 5.73 Å². The van der Waals surface area contributed by atoms with E-state index in [2.05, 4.69) is 13.8 Å². The second-order valence-electron chi connectivity index (χ2n) is 4.34. The normalized spacial score (nSPS) is 11.5. The van der Waals surface area contributed by atoms with Gasteiger partial charge in [-0.15, -0.1) is 0 Å². The van der Waals surface area contributed by atoms with Gasteiger partial charge in [-0.2, -0.15) is 0 Å². The van der Waals surface area contributed by atoms with Crippen LogP contribution in [-0.4, -0.2) is 12.3 Å². The Morgan fingerprint density at radius 1 is 1.26 bits per heavy atom. The Kier molecular flexibility index (Phi) is 8.07. The average molecular weight is 275 g/mol. The summed E-state index contributed by atoms with van der Waals surface area (Å²) >= 11 is 0. The number of carbonyl (C=O) groups is 1. The number of rotatable bonds is 4. The van der Waals surface area contributed by atoms with Gasteiger partial charge in [-0.1, -0.05) is 20.3 Å². The second-order valence-corrected chi connectivity index (χ2v) is 4.34. The highest BCUT2D eigenvalue weighted by atomic mass is 19.2. The van der Waals surface area contributed by atoms with Crippen LogP contribution in [0, 0.1) is 17.5 Å². The van der Waals surface area contributed by atoms with Crippen LogP contribution in [0.1, 0.15) is 45.1 Å². The zero-order chi connectivity index (χ0) is 15.0. The molecule has 0 aromatic heterocycles. The summed E-state index contributed by atoms with van der Waals surface area (Å²) in [5.41, 5.74) is 5.17. The van der Waals surface area contributed by atoms with Crippen molar-refractivity contribution in [1.82, 2.24) is 0 Å². The topological polar surface area (TPSA) is 43.1 Å². The predicted octanol–water partition coefficient (Wildman–Crippen LogP) is 3.54. The minimum Gasteiger partial charge on any atom is -0.330 e. The second kappa shape index (κ2) is 8.69. The zero-order valence-electron chi connectivity index (χ0n) is 11.5. The van der Waals surface area contributed by atoms with E-state index in [0.717, 1.165) is 6.07 Å². The van der Waals surface area contributed by atoms with Crippen LogP contribution < -0.4 is 5.73 Å². The Balaban J connectivity index is 0.000000982. The molecular weight excluding hydrogens is 255 g/mol. The van der Waals surface area contributed by atoms with Crippen molar-refractivity contribution < 1.29 is 18.0 Å². The van der Waals surface area contributed by atoms with Crippen LogP contribution in [0.15, 0.2) is 12.1 Å². The molecule has 2 N–H and O–H groups in total. The van der Waals surface area contributed by atoms with Gasteiger partial charge in [-0.3, -0.25) is 0 Å². The quantitative estimate of drug-likeness (QED) is 0.854. The number of ketones is 1. The highest BCUT2D eigenvalue weighted by molar-refractivity contribution is 5.76. The SMILES string of the molecule is CC(=O)CC(CN)c1cc(F)cc(F)c1F.CCC. The molecule has 0 aliphatic rings. The minimum atomic E-state index is -1.27. The lowest BCUT2D eigenvalue weighted by atomic mass is 9.93. The molecule has 0 heterocycles. The van der Waals surface area contributed by atoms with Gasteiger partial charge in [-0.25, -0.2) is 13.2 Å². The van der Waals surface area contributed by atoms with Gasteiger partial charge in [0.15, 0.2) is 11.6 Å². The first-order valence-corrected chi connectivity index (χ1v) is 6.21. The summed E-state index contributed by atoms with van der Waals surface area (Å²) < 4.78 is 39.2. The van der Waals surface area contributed by atoms with E-state index < -0.39 is 23.4 Å². The van der Waals surface area contributed by atoms with Crippen LogP contribution in [0.2, 0.25) is 0 Å². The van der Waals surface area contributed by atoms with Gasteiger partial charge in [0.1, 0.15) is 11.6 Å². The Bertz CT molecular complexity index is 421. The van der Waals surface area contributed by atoms with Crippen LogP contribution in [-0.2, 0) is 4.79 Å². The maximum absolute atomic E-state index is 13.4. The standard InChI is InChI=1S/C11H12F3NO.C3H8/c1-6(16)2-7(5-15)9-3-8(12)4-10(13)11(9)14;1-3-2/h3-4,7H,2,5,15H2,1H3;3H2,1-2H3. The molecule has 5 heteroatoms. The summed E-state index contributed by atoms with van der Waals surface area (Å²) in [6.07, 6.45) is 1.22. The molecule has 1 atom stereocenters. The van der Waals surface area contributed by atoms with Crippen molar-refractivity contribution >= 4 is 5.78 Å². The molecule has 0 bridgehead atoms. The van der Waals surface area contributed by atoms with E-state index in [1.165, 1.54) is 13.3 Å². The molecule has 0 aliphatic heterocycles. The van der Waals surface area contributed by atoms with Gasteiger partial charge < -0.3 is 10.5 Å². The van der Waals surface area contributed by atoms with Crippen LogP contribution in [0.5, 0.6) is 0 Å². The minimum absolute atomic E-state index is 0.0314. The molecule has 0 saturated carbocycles. The van der Waals surface area contributed by atoms with Crippen LogP contribution in [0.3, 0.4) is 0 Å². The maximum Gasteiger partial charge on any atom is 0.162 e. The number of nitrogens with two attached hydrogens (primary N) is 1. The number of Topliss-reactive ketones (excluding diaryl/α,β-unsaturated/α-hetero) is 1. The van der Waals surface area contributed by atoms with Gasteiger partial charge in [0.05, 0.1) is 0 Å². The first-order valence-electron chi connectivity index (χ1n) is 6.21. The van der Waals surface area contributed by atoms with E-state index in [1.807, 2.05) is 0 Å². The fraction of sp³-hybridized carbons (Fsp3) is 0.500. The summed E-state index contributed by atoms with van der Waals surface area (Å²) in [6.45, 7) is 5.52. The number of benzene rings is 1. The van der Waals surface area contributed by atoms with Gasteiger partial charge in [-0.05, 0) is 25.1 Å².